The number of hydrogen-bond acceptors (Lipinski definition) is 3. The molecule has 3 heterocycles. The summed E-state index contributed by atoms with van der Waals surface area (Å²) in [5, 5.41) is 9.05. The molecule has 7 heteroatoms. The predicted molar refractivity (Wildman–Crippen MR) is 77.3 cm³/mol. The smallest absolute Gasteiger partial charge is 0.218 e. The molecule has 3 rings (SSSR count). The van der Waals surface area contributed by atoms with Crippen molar-refractivity contribution in [3.05, 3.63) is 34.4 Å². The minimum Gasteiger partial charge on any atom is -0.270 e. The summed E-state index contributed by atoms with van der Waals surface area (Å²) in [7, 11) is 0. The van der Waals surface area contributed by atoms with Gasteiger partial charge in [-0.05, 0) is 41.9 Å². The summed E-state index contributed by atoms with van der Waals surface area (Å²) in [5.41, 5.74) is 2.56. The largest absolute Gasteiger partial charge is 0.270 e. The van der Waals surface area contributed by atoms with Crippen molar-refractivity contribution in [3.63, 3.8) is 0 Å². The lowest BCUT2D eigenvalue weighted by molar-refractivity contribution is 0.532. The summed E-state index contributed by atoms with van der Waals surface area (Å²) < 4.78 is 4.02. The lowest BCUT2D eigenvalue weighted by Gasteiger charge is -2.04. The minimum absolute atomic E-state index is 0.316. The van der Waals surface area contributed by atoms with Crippen LogP contribution in [0.3, 0.4) is 0 Å². The molecule has 0 saturated heterocycles. The molecule has 0 aliphatic heterocycles. The van der Waals surface area contributed by atoms with Gasteiger partial charge in [0, 0.05) is 23.4 Å². The third-order valence-electron chi connectivity index (χ3n) is 2.86. The molecule has 0 amide bonds. The first kappa shape index (κ1) is 12.6. The molecular weight excluding hydrogens is 330 g/mol. The Morgan fingerprint density at radius 2 is 2.11 bits per heavy atom. The Kier molecular flexibility index (Phi) is 3.06. The van der Waals surface area contributed by atoms with Crippen molar-refractivity contribution in [2.24, 2.45) is 0 Å². The van der Waals surface area contributed by atoms with Crippen LogP contribution >= 0.6 is 27.5 Å². The molecule has 19 heavy (non-hydrogen) atoms. The molecule has 0 N–H and O–H groups in total. The van der Waals surface area contributed by atoms with Crippen LogP contribution in [0.5, 0.6) is 0 Å². The topological polar surface area (TPSA) is 48.0 Å². The van der Waals surface area contributed by atoms with E-state index < -0.39 is 0 Å². The fraction of sp³-hybridized carbons (Fsp3) is 0.250. The van der Waals surface area contributed by atoms with Gasteiger partial charge in [0.1, 0.15) is 5.15 Å². The Morgan fingerprint density at radius 3 is 2.79 bits per heavy atom. The highest BCUT2D eigenvalue weighted by Crippen LogP contribution is 2.28. The Labute approximate surface area is 123 Å². The summed E-state index contributed by atoms with van der Waals surface area (Å²) in [5.74, 6) is 0. The van der Waals surface area contributed by atoms with Crippen LogP contribution in [0, 0.1) is 0 Å². The van der Waals surface area contributed by atoms with E-state index in [0.717, 1.165) is 11.1 Å². The van der Waals surface area contributed by atoms with Gasteiger partial charge in [0.2, 0.25) is 4.73 Å². The Bertz CT molecular complexity index is 746. The van der Waals surface area contributed by atoms with E-state index >= 15 is 0 Å². The van der Waals surface area contributed by atoms with Crippen LogP contribution in [-0.4, -0.2) is 24.4 Å². The van der Waals surface area contributed by atoms with Crippen LogP contribution in [0.4, 0.5) is 0 Å². The van der Waals surface area contributed by atoms with Crippen LogP contribution in [0.1, 0.15) is 19.9 Å². The molecule has 0 atom stereocenters. The van der Waals surface area contributed by atoms with E-state index in [2.05, 4.69) is 45.0 Å². The number of pyridine rings is 1. The monoisotopic (exact) mass is 339 g/mol. The van der Waals surface area contributed by atoms with Crippen LogP contribution in [0.25, 0.3) is 16.8 Å². The molecule has 0 saturated carbocycles. The lowest BCUT2D eigenvalue weighted by Crippen LogP contribution is -1.99. The summed E-state index contributed by atoms with van der Waals surface area (Å²) in [6.45, 7) is 4.16. The van der Waals surface area contributed by atoms with Crippen molar-refractivity contribution >= 4 is 33.2 Å². The Hall–Kier alpha value is -1.40. The van der Waals surface area contributed by atoms with Gasteiger partial charge in [-0.2, -0.15) is 5.10 Å². The van der Waals surface area contributed by atoms with Crippen molar-refractivity contribution < 1.29 is 0 Å². The molecule has 0 aliphatic carbocycles. The van der Waals surface area contributed by atoms with Crippen molar-refractivity contribution in [2.45, 2.75) is 19.9 Å². The lowest BCUT2D eigenvalue weighted by atomic mass is 10.2. The van der Waals surface area contributed by atoms with Gasteiger partial charge in [0.15, 0.2) is 5.65 Å². The van der Waals surface area contributed by atoms with Gasteiger partial charge < -0.3 is 0 Å². The zero-order chi connectivity index (χ0) is 13.6. The third kappa shape index (κ3) is 2.15. The maximum atomic E-state index is 6.38. The van der Waals surface area contributed by atoms with E-state index in [1.807, 2.05) is 23.0 Å². The van der Waals surface area contributed by atoms with Gasteiger partial charge in [-0.3, -0.25) is 4.68 Å². The number of aromatic nitrogens is 5. The Morgan fingerprint density at radius 1 is 1.32 bits per heavy atom. The van der Waals surface area contributed by atoms with Gasteiger partial charge >= 0.3 is 0 Å². The zero-order valence-electron chi connectivity index (χ0n) is 10.4. The summed E-state index contributed by atoms with van der Waals surface area (Å²) in [6, 6.07) is 4.13. The van der Waals surface area contributed by atoms with Crippen molar-refractivity contribution in [1.29, 1.82) is 0 Å². The highest BCUT2D eigenvalue weighted by molar-refractivity contribution is 9.10. The average molecular weight is 341 g/mol. The van der Waals surface area contributed by atoms with Gasteiger partial charge in [-0.1, -0.05) is 11.6 Å². The second kappa shape index (κ2) is 4.61. The molecule has 0 spiro atoms. The molecule has 0 fully saturated rings. The van der Waals surface area contributed by atoms with Gasteiger partial charge in [0.25, 0.3) is 0 Å². The maximum Gasteiger partial charge on any atom is 0.218 e. The van der Waals surface area contributed by atoms with E-state index in [-0.39, 0.29) is 0 Å². The highest BCUT2D eigenvalue weighted by atomic mass is 79.9. The van der Waals surface area contributed by atoms with E-state index in [1.165, 1.54) is 0 Å². The van der Waals surface area contributed by atoms with Gasteiger partial charge in [0.05, 0.1) is 6.20 Å². The van der Waals surface area contributed by atoms with Crippen LogP contribution in [0.2, 0.25) is 5.15 Å². The number of fused-ring (bicyclic) bond motifs is 1. The standard InChI is InChI=1S/C12H11BrClN5/c1-7(2)18-6-8(5-15-18)9-3-4-10-16-12(13)17-19(10)11(9)14/h3-7H,1-2H3. The summed E-state index contributed by atoms with van der Waals surface area (Å²) in [4.78, 5) is 4.21. The molecule has 5 nitrogen and oxygen atoms in total. The Balaban J connectivity index is 2.16. The fourth-order valence-corrected chi connectivity index (χ4v) is 2.50. The minimum atomic E-state index is 0.316. The number of rotatable bonds is 2. The van der Waals surface area contributed by atoms with E-state index in [1.54, 1.807) is 10.7 Å². The first-order valence-corrected chi connectivity index (χ1v) is 6.98. The third-order valence-corrected chi connectivity index (χ3v) is 3.55. The molecule has 98 valence electrons. The number of nitrogens with zero attached hydrogens (tertiary/aromatic N) is 5. The molecule has 0 bridgehead atoms. The molecule has 0 aromatic carbocycles. The van der Waals surface area contributed by atoms with Crippen LogP contribution < -0.4 is 0 Å². The first-order chi connectivity index (χ1) is 9.06. The van der Waals surface area contributed by atoms with E-state index in [4.69, 9.17) is 11.6 Å². The quantitative estimate of drug-likeness (QED) is 0.670. The second-order valence-corrected chi connectivity index (χ2v) is 5.56. The van der Waals surface area contributed by atoms with E-state index in [9.17, 15) is 0 Å². The highest BCUT2D eigenvalue weighted by Gasteiger charge is 2.12. The van der Waals surface area contributed by atoms with E-state index in [0.29, 0.717) is 21.6 Å². The van der Waals surface area contributed by atoms with Gasteiger partial charge in [-0.25, -0.2) is 9.50 Å². The fourth-order valence-electron chi connectivity index (χ4n) is 1.87. The zero-order valence-corrected chi connectivity index (χ0v) is 12.7. The SMILES string of the molecule is CC(C)n1cc(-c2ccc3nc(Br)nn3c2Cl)cn1. The number of hydrogen-bond donors (Lipinski definition) is 0. The normalized spacial score (nSPS) is 11.6. The second-order valence-electron chi connectivity index (χ2n) is 4.49. The maximum absolute atomic E-state index is 6.38. The predicted octanol–water partition coefficient (Wildman–Crippen LogP) is 3.59. The first-order valence-electron chi connectivity index (χ1n) is 5.81. The van der Waals surface area contributed by atoms with Crippen molar-refractivity contribution in [2.75, 3.05) is 0 Å². The van der Waals surface area contributed by atoms with Crippen molar-refractivity contribution in [3.8, 4) is 11.1 Å². The average Bonchev–Trinajstić information content (AvgIpc) is 2.95. The summed E-state index contributed by atoms with van der Waals surface area (Å²) >= 11 is 9.63. The molecule has 0 unspecified atom stereocenters. The van der Waals surface area contributed by atoms with Crippen LogP contribution in [-0.2, 0) is 0 Å². The molecule has 3 aromatic heterocycles. The van der Waals surface area contributed by atoms with Crippen molar-refractivity contribution in [1.82, 2.24) is 24.4 Å². The summed E-state index contributed by atoms with van der Waals surface area (Å²) in [6.07, 6.45) is 3.78. The molecular formula is C12H11BrClN5. The number of halogens is 2. The van der Waals surface area contributed by atoms with Crippen LogP contribution in [0.15, 0.2) is 29.3 Å². The molecule has 0 aliphatic rings. The van der Waals surface area contributed by atoms with Gasteiger partial charge in [-0.15, -0.1) is 5.10 Å². The molecule has 3 aromatic rings. The molecule has 0 radical (unpaired) electrons.